The van der Waals surface area contributed by atoms with Crippen molar-refractivity contribution in [3.63, 3.8) is 0 Å². The summed E-state index contributed by atoms with van der Waals surface area (Å²) in [5.41, 5.74) is 8.06. The molecule has 17 heavy (non-hydrogen) atoms. The number of nitrogens with one attached hydrogen (secondary N) is 1. The first-order valence-corrected chi connectivity index (χ1v) is 6.18. The van der Waals surface area contributed by atoms with E-state index >= 15 is 0 Å². The van der Waals surface area contributed by atoms with E-state index in [9.17, 15) is 0 Å². The zero-order valence-corrected chi connectivity index (χ0v) is 10.1. The number of rotatable bonds is 4. The summed E-state index contributed by atoms with van der Waals surface area (Å²) >= 11 is 0. The van der Waals surface area contributed by atoms with Crippen LogP contribution in [0.5, 0.6) is 0 Å². The molecule has 1 atom stereocenters. The summed E-state index contributed by atoms with van der Waals surface area (Å²) in [5.74, 6) is 0. The van der Waals surface area contributed by atoms with Crippen LogP contribution in [0.2, 0.25) is 0 Å². The number of aliphatic hydroxyl groups excluding tert-OH is 1. The summed E-state index contributed by atoms with van der Waals surface area (Å²) in [5, 5.41) is 12.3. The van der Waals surface area contributed by atoms with Crippen molar-refractivity contribution in [1.82, 2.24) is 10.2 Å². The van der Waals surface area contributed by atoms with Gasteiger partial charge in [0.1, 0.15) is 0 Å². The number of aliphatic hydroxyl groups is 1. The van der Waals surface area contributed by atoms with Crippen molar-refractivity contribution in [3.8, 4) is 0 Å². The maximum atomic E-state index is 8.98. The lowest BCUT2D eigenvalue weighted by molar-refractivity contribution is 0.233. The van der Waals surface area contributed by atoms with Gasteiger partial charge in [0.15, 0.2) is 0 Å². The predicted octanol–water partition coefficient (Wildman–Crippen LogP) is 0.0839. The van der Waals surface area contributed by atoms with Crippen molar-refractivity contribution in [2.75, 3.05) is 32.8 Å². The molecule has 2 rings (SSSR count). The highest BCUT2D eigenvalue weighted by molar-refractivity contribution is 5.24. The third-order valence-electron chi connectivity index (χ3n) is 3.22. The topological polar surface area (TPSA) is 61.5 Å². The van der Waals surface area contributed by atoms with Crippen LogP contribution in [-0.2, 0) is 6.54 Å². The normalized spacial score (nSPS) is 19.2. The summed E-state index contributed by atoms with van der Waals surface area (Å²) in [6.45, 7) is 5.37. The molecule has 0 bridgehead atoms. The lowest BCUT2D eigenvalue weighted by atomic mass is 10.1. The molecule has 0 amide bonds. The molecule has 0 aromatic heterocycles. The Morgan fingerprint density at radius 2 is 1.88 bits per heavy atom. The molecule has 1 heterocycles. The van der Waals surface area contributed by atoms with Crippen LogP contribution < -0.4 is 11.1 Å². The summed E-state index contributed by atoms with van der Waals surface area (Å²) in [7, 11) is 0. The number of piperazine rings is 1. The largest absolute Gasteiger partial charge is 0.394 e. The smallest absolute Gasteiger partial charge is 0.0624 e. The zero-order chi connectivity index (χ0) is 12.1. The molecule has 1 aliphatic heterocycles. The van der Waals surface area contributed by atoms with Gasteiger partial charge in [0.2, 0.25) is 0 Å². The van der Waals surface area contributed by atoms with Gasteiger partial charge in [0.25, 0.3) is 0 Å². The second-order valence-electron chi connectivity index (χ2n) is 4.56. The van der Waals surface area contributed by atoms with Gasteiger partial charge >= 0.3 is 0 Å². The van der Waals surface area contributed by atoms with Crippen LogP contribution in [-0.4, -0.2) is 42.8 Å². The van der Waals surface area contributed by atoms with Crippen molar-refractivity contribution >= 4 is 0 Å². The molecule has 94 valence electrons. The van der Waals surface area contributed by atoms with E-state index in [2.05, 4.69) is 22.3 Å². The number of benzene rings is 1. The van der Waals surface area contributed by atoms with E-state index in [1.54, 1.807) is 0 Å². The Labute approximate surface area is 102 Å². The molecule has 0 radical (unpaired) electrons. The maximum Gasteiger partial charge on any atom is 0.0624 e. The van der Waals surface area contributed by atoms with Crippen LogP contribution in [0.25, 0.3) is 0 Å². The monoisotopic (exact) mass is 235 g/mol. The zero-order valence-electron chi connectivity index (χ0n) is 10.1. The molecule has 0 aliphatic carbocycles. The highest BCUT2D eigenvalue weighted by Crippen LogP contribution is 2.12. The highest BCUT2D eigenvalue weighted by atomic mass is 16.3. The lowest BCUT2D eigenvalue weighted by Gasteiger charge is -2.27. The number of hydrogen-bond donors (Lipinski definition) is 3. The summed E-state index contributed by atoms with van der Waals surface area (Å²) < 4.78 is 0. The van der Waals surface area contributed by atoms with Crippen LogP contribution in [0, 0.1) is 0 Å². The molecule has 4 N–H and O–H groups in total. The molecule has 1 aliphatic rings. The van der Waals surface area contributed by atoms with Gasteiger partial charge < -0.3 is 16.2 Å². The van der Waals surface area contributed by atoms with Crippen LogP contribution >= 0.6 is 0 Å². The standard InChI is InChI=1S/C13H21N3O/c14-13(10-17)12-3-1-11(2-4-12)9-16-7-5-15-6-8-16/h1-4,13,15,17H,5-10,14H2. The van der Waals surface area contributed by atoms with Gasteiger partial charge in [-0.05, 0) is 11.1 Å². The summed E-state index contributed by atoms with van der Waals surface area (Å²) in [6.07, 6.45) is 0. The molecule has 1 saturated heterocycles. The van der Waals surface area contributed by atoms with Gasteiger partial charge in [-0.3, -0.25) is 4.90 Å². The Bertz CT molecular complexity index is 333. The van der Waals surface area contributed by atoms with Gasteiger partial charge in [0, 0.05) is 32.7 Å². The Morgan fingerprint density at radius 1 is 1.24 bits per heavy atom. The minimum absolute atomic E-state index is 0.00284. The Morgan fingerprint density at radius 3 is 2.47 bits per heavy atom. The summed E-state index contributed by atoms with van der Waals surface area (Å²) in [6, 6.07) is 7.97. The van der Waals surface area contributed by atoms with Crippen molar-refractivity contribution in [3.05, 3.63) is 35.4 Å². The van der Waals surface area contributed by atoms with Crippen LogP contribution in [0.4, 0.5) is 0 Å². The molecular weight excluding hydrogens is 214 g/mol. The van der Waals surface area contributed by atoms with Gasteiger partial charge in [-0.1, -0.05) is 24.3 Å². The fourth-order valence-corrected chi connectivity index (χ4v) is 2.10. The number of hydrogen-bond acceptors (Lipinski definition) is 4. The molecular formula is C13H21N3O. The second-order valence-corrected chi connectivity index (χ2v) is 4.56. The molecule has 1 unspecified atom stereocenters. The van der Waals surface area contributed by atoms with Crippen LogP contribution in [0.15, 0.2) is 24.3 Å². The SMILES string of the molecule is NC(CO)c1ccc(CN2CCNCC2)cc1. The van der Waals surface area contributed by atoms with Crippen molar-refractivity contribution in [2.24, 2.45) is 5.73 Å². The van der Waals surface area contributed by atoms with Crippen LogP contribution in [0.1, 0.15) is 17.2 Å². The molecule has 1 aromatic carbocycles. The minimum Gasteiger partial charge on any atom is -0.394 e. The third kappa shape index (κ3) is 3.51. The molecule has 0 saturated carbocycles. The summed E-state index contributed by atoms with van der Waals surface area (Å²) in [4.78, 5) is 2.44. The molecule has 1 fully saturated rings. The van der Waals surface area contributed by atoms with Gasteiger partial charge in [-0.2, -0.15) is 0 Å². The quantitative estimate of drug-likeness (QED) is 0.692. The van der Waals surface area contributed by atoms with Crippen molar-refractivity contribution in [1.29, 1.82) is 0 Å². The average Bonchev–Trinajstić information content (AvgIpc) is 2.40. The Kier molecular flexibility index (Phi) is 4.50. The first kappa shape index (κ1) is 12.5. The van der Waals surface area contributed by atoms with E-state index in [-0.39, 0.29) is 12.6 Å². The van der Waals surface area contributed by atoms with E-state index in [4.69, 9.17) is 10.8 Å². The van der Waals surface area contributed by atoms with Gasteiger partial charge in [-0.25, -0.2) is 0 Å². The molecule has 1 aromatic rings. The Hall–Kier alpha value is -0.940. The van der Waals surface area contributed by atoms with Gasteiger partial charge in [0.05, 0.1) is 12.6 Å². The van der Waals surface area contributed by atoms with E-state index in [0.29, 0.717) is 0 Å². The van der Waals surface area contributed by atoms with Gasteiger partial charge in [-0.15, -0.1) is 0 Å². The van der Waals surface area contributed by atoms with Crippen molar-refractivity contribution < 1.29 is 5.11 Å². The molecule has 4 heteroatoms. The van der Waals surface area contributed by atoms with Crippen molar-refractivity contribution in [2.45, 2.75) is 12.6 Å². The fraction of sp³-hybridized carbons (Fsp3) is 0.538. The molecule has 4 nitrogen and oxygen atoms in total. The first-order chi connectivity index (χ1) is 8.29. The average molecular weight is 235 g/mol. The van der Waals surface area contributed by atoms with E-state index < -0.39 is 0 Å². The predicted molar refractivity (Wildman–Crippen MR) is 68.6 cm³/mol. The number of nitrogens with two attached hydrogens (primary N) is 1. The fourth-order valence-electron chi connectivity index (χ4n) is 2.10. The Balaban J connectivity index is 1.93. The maximum absolute atomic E-state index is 8.98. The van der Waals surface area contributed by atoms with Crippen LogP contribution in [0.3, 0.4) is 0 Å². The second kappa shape index (κ2) is 6.12. The minimum atomic E-state index is -0.261. The highest BCUT2D eigenvalue weighted by Gasteiger charge is 2.10. The van der Waals surface area contributed by atoms with E-state index in [1.165, 1.54) is 5.56 Å². The molecule has 0 spiro atoms. The number of nitrogens with zero attached hydrogens (tertiary/aromatic N) is 1. The first-order valence-electron chi connectivity index (χ1n) is 6.18. The third-order valence-corrected chi connectivity index (χ3v) is 3.22. The van der Waals surface area contributed by atoms with E-state index in [1.807, 2.05) is 12.1 Å². The van der Waals surface area contributed by atoms with E-state index in [0.717, 1.165) is 38.3 Å². The lowest BCUT2D eigenvalue weighted by Crippen LogP contribution is -2.42.